The van der Waals surface area contributed by atoms with E-state index in [4.69, 9.17) is 4.52 Å². The van der Waals surface area contributed by atoms with E-state index in [1.54, 1.807) is 13.8 Å². The van der Waals surface area contributed by atoms with Crippen molar-refractivity contribution in [3.8, 4) is 0 Å². The summed E-state index contributed by atoms with van der Waals surface area (Å²) >= 11 is 0. The second kappa shape index (κ2) is 5.42. The summed E-state index contributed by atoms with van der Waals surface area (Å²) in [6.45, 7) is 8.87. The first kappa shape index (κ1) is 15.4. The second-order valence-electron chi connectivity index (χ2n) is 5.70. The van der Waals surface area contributed by atoms with Gasteiger partial charge in [-0.05, 0) is 20.8 Å². The number of rotatable bonds is 4. The van der Waals surface area contributed by atoms with Crippen LogP contribution in [-0.4, -0.2) is 55.9 Å². The first-order valence-electron chi connectivity index (χ1n) is 6.72. The molecule has 1 aliphatic rings. The fraction of sp³-hybridized carbons (Fsp3) is 0.833. The van der Waals surface area contributed by atoms with E-state index < -0.39 is 14.6 Å². The SMILES string of the molecule is CC(c1noc(C(C)(C)S(C)(=O)=O)n1)N1CCNCC1. The van der Waals surface area contributed by atoms with Crippen molar-refractivity contribution in [1.29, 1.82) is 0 Å². The Kier molecular flexibility index (Phi) is 4.17. The van der Waals surface area contributed by atoms with Gasteiger partial charge in [-0.3, -0.25) is 4.90 Å². The molecule has 1 aliphatic heterocycles. The van der Waals surface area contributed by atoms with Crippen LogP contribution in [0.25, 0.3) is 0 Å². The van der Waals surface area contributed by atoms with E-state index in [9.17, 15) is 8.42 Å². The van der Waals surface area contributed by atoms with Gasteiger partial charge in [0.1, 0.15) is 4.75 Å². The van der Waals surface area contributed by atoms with Gasteiger partial charge in [-0.15, -0.1) is 0 Å². The van der Waals surface area contributed by atoms with Crippen LogP contribution in [0.2, 0.25) is 0 Å². The average molecular weight is 302 g/mol. The molecule has 0 radical (unpaired) electrons. The van der Waals surface area contributed by atoms with Gasteiger partial charge in [0, 0.05) is 32.4 Å². The van der Waals surface area contributed by atoms with Crippen LogP contribution in [0.15, 0.2) is 4.52 Å². The van der Waals surface area contributed by atoms with Crippen LogP contribution in [0.4, 0.5) is 0 Å². The van der Waals surface area contributed by atoms with Gasteiger partial charge >= 0.3 is 0 Å². The molecule has 0 spiro atoms. The third kappa shape index (κ3) is 2.87. The van der Waals surface area contributed by atoms with E-state index >= 15 is 0 Å². The lowest BCUT2D eigenvalue weighted by Gasteiger charge is -2.30. The monoisotopic (exact) mass is 302 g/mol. The van der Waals surface area contributed by atoms with Crippen molar-refractivity contribution in [1.82, 2.24) is 20.4 Å². The van der Waals surface area contributed by atoms with Gasteiger partial charge in [0.25, 0.3) is 0 Å². The van der Waals surface area contributed by atoms with Crippen molar-refractivity contribution in [2.75, 3.05) is 32.4 Å². The van der Waals surface area contributed by atoms with Gasteiger partial charge in [0.2, 0.25) is 5.89 Å². The Labute approximate surface area is 119 Å². The van der Waals surface area contributed by atoms with Crippen LogP contribution in [0.3, 0.4) is 0 Å². The summed E-state index contributed by atoms with van der Waals surface area (Å²) in [6.07, 6.45) is 1.18. The molecule has 2 heterocycles. The van der Waals surface area contributed by atoms with E-state index in [-0.39, 0.29) is 11.9 Å². The maximum Gasteiger partial charge on any atom is 0.247 e. The Bertz CT molecular complexity index is 561. The summed E-state index contributed by atoms with van der Waals surface area (Å²) in [5.74, 6) is 0.690. The molecule has 0 aliphatic carbocycles. The van der Waals surface area contributed by atoms with E-state index in [1.807, 2.05) is 6.92 Å². The summed E-state index contributed by atoms with van der Waals surface area (Å²) in [7, 11) is -3.31. The van der Waals surface area contributed by atoms with Gasteiger partial charge in [0.05, 0.1) is 6.04 Å². The summed E-state index contributed by atoms with van der Waals surface area (Å²) in [4.78, 5) is 6.55. The Morgan fingerprint density at radius 1 is 1.35 bits per heavy atom. The summed E-state index contributed by atoms with van der Waals surface area (Å²) in [5.41, 5.74) is 0. The topological polar surface area (TPSA) is 88.3 Å². The van der Waals surface area contributed by atoms with Crippen LogP contribution in [0.1, 0.15) is 38.5 Å². The first-order valence-corrected chi connectivity index (χ1v) is 8.61. The van der Waals surface area contributed by atoms with Crippen LogP contribution in [-0.2, 0) is 14.6 Å². The van der Waals surface area contributed by atoms with Crippen LogP contribution >= 0.6 is 0 Å². The fourth-order valence-corrected chi connectivity index (χ4v) is 2.44. The molecule has 1 aromatic rings. The third-order valence-electron chi connectivity index (χ3n) is 3.96. The number of piperazine rings is 1. The molecule has 1 unspecified atom stereocenters. The Morgan fingerprint density at radius 2 is 1.95 bits per heavy atom. The zero-order valence-electron chi connectivity index (χ0n) is 12.4. The quantitative estimate of drug-likeness (QED) is 0.856. The number of nitrogens with one attached hydrogen (secondary N) is 1. The molecule has 2 rings (SSSR count). The Hall–Kier alpha value is -0.990. The fourth-order valence-electron chi connectivity index (χ4n) is 2.04. The van der Waals surface area contributed by atoms with Gasteiger partial charge < -0.3 is 9.84 Å². The first-order chi connectivity index (χ1) is 9.23. The summed E-state index contributed by atoms with van der Waals surface area (Å²) < 4.78 is 27.6. The van der Waals surface area contributed by atoms with Gasteiger partial charge in [-0.2, -0.15) is 4.98 Å². The van der Waals surface area contributed by atoms with Crippen molar-refractivity contribution in [3.63, 3.8) is 0 Å². The molecule has 8 heteroatoms. The minimum atomic E-state index is -3.31. The smallest absolute Gasteiger partial charge is 0.247 e. The zero-order valence-corrected chi connectivity index (χ0v) is 13.2. The summed E-state index contributed by atoms with van der Waals surface area (Å²) in [5, 5.41) is 7.24. The molecule has 0 bridgehead atoms. The van der Waals surface area contributed by atoms with Gasteiger partial charge in [-0.25, -0.2) is 8.42 Å². The molecule has 1 fully saturated rings. The highest BCUT2D eigenvalue weighted by Gasteiger charge is 2.39. The Balaban J connectivity index is 2.20. The average Bonchev–Trinajstić information content (AvgIpc) is 2.87. The van der Waals surface area contributed by atoms with Crippen molar-refractivity contribution in [3.05, 3.63) is 11.7 Å². The molecule has 114 valence electrons. The molecular formula is C12H22N4O3S. The number of hydrogen-bond donors (Lipinski definition) is 1. The maximum absolute atomic E-state index is 11.8. The molecule has 1 saturated heterocycles. The standard InChI is InChI=1S/C12H22N4O3S/c1-9(16-7-5-13-6-8-16)10-14-11(19-15-10)12(2,3)20(4,17)18/h9,13H,5-8H2,1-4H3. The normalized spacial score (nSPS) is 20.0. The minimum Gasteiger partial charge on any atom is -0.338 e. The summed E-state index contributed by atoms with van der Waals surface area (Å²) in [6, 6.07) is 0.0185. The van der Waals surface area contributed by atoms with Crippen molar-refractivity contribution >= 4 is 9.84 Å². The molecule has 0 saturated carbocycles. The molecule has 1 aromatic heterocycles. The largest absolute Gasteiger partial charge is 0.338 e. The molecular weight excluding hydrogens is 280 g/mol. The van der Waals surface area contributed by atoms with Crippen molar-refractivity contribution in [2.24, 2.45) is 0 Å². The third-order valence-corrected chi connectivity index (χ3v) is 5.99. The maximum atomic E-state index is 11.8. The Morgan fingerprint density at radius 3 is 2.50 bits per heavy atom. The van der Waals surface area contributed by atoms with Gasteiger partial charge in [0.15, 0.2) is 15.7 Å². The molecule has 1 N–H and O–H groups in total. The second-order valence-corrected chi connectivity index (χ2v) is 8.27. The number of sulfone groups is 1. The highest BCUT2D eigenvalue weighted by molar-refractivity contribution is 7.91. The van der Waals surface area contributed by atoms with E-state index in [2.05, 4.69) is 20.4 Å². The predicted molar refractivity (Wildman–Crippen MR) is 75.0 cm³/mol. The van der Waals surface area contributed by atoms with Crippen LogP contribution in [0.5, 0.6) is 0 Å². The van der Waals surface area contributed by atoms with E-state index in [1.165, 1.54) is 6.26 Å². The lowest BCUT2D eigenvalue weighted by atomic mass is 10.2. The van der Waals surface area contributed by atoms with Crippen LogP contribution in [0, 0.1) is 0 Å². The predicted octanol–water partition coefficient (Wildman–Crippen LogP) is 0.316. The van der Waals surface area contributed by atoms with E-state index in [0.29, 0.717) is 5.82 Å². The molecule has 20 heavy (non-hydrogen) atoms. The highest BCUT2D eigenvalue weighted by atomic mass is 32.2. The number of hydrogen-bond acceptors (Lipinski definition) is 7. The van der Waals surface area contributed by atoms with Crippen molar-refractivity contribution < 1.29 is 12.9 Å². The molecule has 7 nitrogen and oxygen atoms in total. The molecule has 1 atom stereocenters. The number of aromatic nitrogens is 2. The zero-order chi connectivity index (χ0) is 15.0. The highest BCUT2D eigenvalue weighted by Crippen LogP contribution is 2.29. The van der Waals surface area contributed by atoms with Crippen LogP contribution < -0.4 is 5.32 Å². The van der Waals surface area contributed by atoms with Crippen molar-refractivity contribution in [2.45, 2.75) is 31.6 Å². The van der Waals surface area contributed by atoms with E-state index in [0.717, 1.165) is 26.2 Å². The van der Waals surface area contributed by atoms with Gasteiger partial charge in [-0.1, -0.05) is 5.16 Å². The lowest BCUT2D eigenvalue weighted by Crippen LogP contribution is -2.44. The molecule has 0 amide bonds. The minimum absolute atomic E-state index is 0.0185. The molecule has 0 aromatic carbocycles. The lowest BCUT2D eigenvalue weighted by molar-refractivity contribution is 0.176. The number of nitrogens with zero attached hydrogens (tertiary/aromatic N) is 3.